The molecule has 1 aliphatic carbocycles. The summed E-state index contributed by atoms with van der Waals surface area (Å²) < 4.78 is 22.6. The molecule has 0 spiro atoms. The zero-order valence-corrected chi connectivity index (χ0v) is 25.7. The molecule has 5 rings (SSSR count). The van der Waals surface area contributed by atoms with Crippen LogP contribution in [-0.4, -0.2) is 79.8 Å². The molecule has 10 heteroatoms. The van der Waals surface area contributed by atoms with Crippen LogP contribution in [-0.2, 0) is 34.8 Å². The van der Waals surface area contributed by atoms with Crippen LogP contribution >= 0.6 is 11.6 Å². The van der Waals surface area contributed by atoms with Crippen molar-refractivity contribution < 1.29 is 13.7 Å². The van der Waals surface area contributed by atoms with Gasteiger partial charge in [0.05, 0.1) is 6.33 Å². The minimum absolute atomic E-state index is 0.113. The Bertz CT molecular complexity index is 1350. The van der Waals surface area contributed by atoms with Crippen molar-refractivity contribution in [3.63, 3.8) is 0 Å². The van der Waals surface area contributed by atoms with Crippen LogP contribution in [0.5, 0.6) is 0 Å². The van der Waals surface area contributed by atoms with Crippen molar-refractivity contribution in [2.45, 2.75) is 49.3 Å². The maximum absolute atomic E-state index is 13.3. The molecule has 0 radical (unpaired) electrons. The fourth-order valence-electron chi connectivity index (χ4n) is 6.22. The number of rotatable bonds is 11. The van der Waals surface area contributed by atoms with Gasteiger partial charge in [-0.2, -0.15) is 0 Å². The zero-order valence-electron chi connectivity index (χ0n) is 24.1. The predicted molar refractivity (Wildman–Crippen MR) is 162 cm³/mol. The molecule has 1 saturated heterocycles. The second-order valence-electron chi connectivity index (χ2n) is 11.3. The second kappa shape index (κ2) is 13.1. The number of hydrogen-bond acceptors (Lipinski definition) is 5. The van der Waals surface area contributed by atoms with Gasteiger partial charge in [-0.25, -0.2) is 18.3 Å². The fourth-order valence-corrected chi connectivity index (χ4v) is 7.47. The normalized spacial score (nSPS) is 22.0. The minimum Gasteiger partial charge on any atom is -0.445 e. The lowest BCUT2D eigenvalue weighted by atomic mass is 9.92. The molecule has 2 aliphatic rings. The van der Waals surface area contributed by atoms with E-state index in [1.54, 1.807) is 6.33 Å². The standard InChI is InChI=1S/C31H40ClN5O3S/c1-4-37(30(38)40-21-24-9-6-5-7-10-24)28-13-15-36(16-14-28)19-26-18-31(26,25-11-8-12-27(32)17-25)22-35(3)41(39)29-20-34(2)23-33-29/h5-12,17,20,23,26,28H,4,13-16,18-19,21-22H2,1-3H3/t26-,31+,41?/m0/s1. The van der Waals surface area contributed by atoms with Crippen LogP contribution in [0.15, 0.2) is 72.1 Å². The highest BCUT2D eigenvalue weighted by Gasteiger charge is 2.56. The van der Waals surface area contributed by atoms with Gasteiger partial charge in [-0.15, -0.1) is 0 Å². The van der Waals surface area contributed by atoms with E-state index in [0.717, 1.165) is 49.5 Å². The van der Waals surface area contributed by atoms with E-state index < -0.39 is 11.0 Å². The molecule has 2 fully saturated rings. The molecule has 1 saturated carbocycles. The molecule has 3 aromatic rings. The van der Waals surface area contributed by atoms with E-state index >= 15 is 0 Å². The van der Waals surface area contributed by atoms with E-state index in [-0.39, 0.29) is 17.6 Å². The third kappa shape index (κ3) is 7.02. The number of likely N-dealkylation sites (tertiary alicyclic amines) is 1. The van der Waals surface area contributed by atoms with Crippen LogP contribution in [0.1, 0.15) is 37.3 Å². The monoisotopic (exact) mass is 597 g/mol. The van der Waals surface area contributed by atoms with Crippen molar-refractivity contribution in [2.75, 3.05) is 39.8 Å². The minimum atomic E-state index is -1.34. The fraction of sp³-hybridized carbons (Fsp3) is 0.484. The van der Waals surface area contributed by atoms with Crippen LogP contribution < -0.4 is 0 Å². The summed E-state index contributed by atoms with van der Waals surface area (Å²) in [5, 5.41) is 1.29. The first-order valence-electron chi connectivity index (χ1n) is 14.4. The molecular formula is C31H40ClN5O3S. The van der Waals surface area contributed by atoms with E-state index in [1.807, 2.05) is 83.5 Å². The first-order valence-corrected chi connectivity index (χ1v) is 15.8. The van der Waals surface area contributed by atoms with Crippen LogP contribution in [0.3, 0.4) is 0 Å². The quantitative estimate of drug-likeness (QED) is 0.307. The second-order valence-corrected chi connectivity index (χ2v) is 13.3. The number of nitrogens with zero attached hydrogens (tertiary/aromatic N) is 5. The number of carbonyl (C=O) groups is 1. The Morgan fingerprint density at radius 2 is 1.93 bits per heavy atom. The van der Waals surface area contributed by atoms with Crippen molar-refractivity contribution in [1.82, 2.24) is 23.7 Å². The van der Waals surface area contributed by atoms with Crippen LogP contribution in [0.4, 0.5) is 4.79 Å². The third-order valence-electron chi connectivity index (χ3n) is 8.54. The highest BCUT2D eigenvalue weighted by Crippen LogP contribution is 2.55. The number of benzene rings is 2. The first-order chi connectivity index (χ1) is 19.8. The molecular weight excluding hydrogens is 558 g/mol. The van der Waals surface area contributed by atoms with Gasteiger partial charge in [-0.1, -0.05) is 54.1 Å². The summed E-state index contributed by atoms with van der Waals surface area (Å²) in [6, 6.07) is 18.1. The number of halogens is 1. The molecule has 1 aromatic heterocycles. The van der Waals surface area contributed by atoms with Crippen molar-refractivity contribution in [3.05, 3.63) is 83.3 Å². The van der Waals surface area contributed by atoms with Crippen molar-refractivity contribution in [1.29, 1.82) is 0 Å². The lowest BCUT2D eigenvalue weighted by molar-refractivity contribution is 0.0620. The zero-order chi connectivity index (χ0) is 29.0. The van der Waals surface area contributed by atoms with Gasteiger partial charge in [0, 0.05) is 69.5 Å². The number of aryl methyl sites for hydroxylation is 1. The van der Waals surface area contributed by atoms with Crippen LogP contribution in [0, 0.1) is 5.92 Å². The molecule has 0 bridgehead atoms. The molecule has 2 aromatic carbocycles. The van der Waals surface area contributed by atoms with Gasteiger partial charge in [0.2, 0.25) is 0 Å². The third-order valence-corrected chi connectivity index (χ3v) is 10.0. The highest BCUT2D eigenvalue weighted by atomic mass is 35.5. The summed E-state index contributed by atoms with van der Waals surface area (Å²) in [5.74, 6) is 0.429. The molecule has 41 heavy (non-hydrogen) atoms. The number of carbonyl (C=O) groups excluding carboxylic acids is 1. The Morgan fingerprint density at radius 1 is 1.17 bits per heavy atom. The maximum atomic E-state index is 13.3. The lowest BCUT2D eigenvalue weighted by Crippen LogP contribution is -2.48. The SMILES string of the molecule is CCN(C(=O)OCc1ccccc1)C1CCN(C[C@@H]2C[C@@]2(CN(C)S(=O)c2cn(C)cn2)c2cccc(Cl)c2)CC1. The predicted octanol–water partition coefficient (Wildman–Crippen LogP) is 5.11. The maximum Gasteiger partial charge on any atom is 0.410 e. The average molecular weight is 598 g/mol. The summed E-state index contributed by atoms with van der Waals surface area (Å²) in [4.78, 5) is 21.6. The van der Waals surface area contributed by atoms with E-state index in [1.165, 1.54) is 5.56 Å². The Hall–Kier alpha value is -2.72. The van der Waals surface area contributed by atoms with E-state index in [0.29, 0.717) is 30.6 Å². The average Bonchev–Trinajstić information content (AvgIpc) is 3.48. The van der Waals surface area contributed by atoms with Gasteiger partial charge in [0.25, 0.3) is 0 Å². The topological polar surface area (TPSA) is 70.9 Å². The first kappa shape index (κ1) is 29.8. The number of likely N-dealkylation sites (N-methyl/N-ethyl adjacent to an activating group) is 1. The molecule has 3 atom stereocenters. The summed E-state index contributed by atoms with van der Waals surface area (Å²) in [6.07, 6.45) is 6.12. The molecule has 1 amide bonds. The number of aromatic nitrogens is 2. The smallest absolute Gasteiger partial charge is 0.410 e. The molecule has 8 nitrogen and oxygen atoms in total. The summed E-state index contributed by atoms with van der Waals surface area (Å²) in [6.45, 7) is 6.45. The molecule has 220 valence electrons. The number of piperidine rings is 1. The number of hydrogen-bond donors (Lipinski definition) is 0. The number of imidazole rings is 1. The largest absolute Gasteiger partial charge is 0.445 e. The Kier molecular flexibility index (Phi) is 9.49. The van der Waals surface area contributed by atoms with Gasteiger partial charge in [-0.05, 0) is 55.4 Å². The van der Waals surface area contributed by atoms with E-state index in [2.05, 4.69) is 22.0 Å². The highest BCUT2D eigenvalue weighted by molar-refractivity contribution is 7.82. The van der Waals surface area contributed by atoms with Crippen LogP contribution in [0.2, 0.25) is 5.02 Å². The molecule has 1 unspecified atom stereocenters. The van der Waals surface area contributed by atoms with Crippen LogP contribution in [0.25, 0.3) is 0 Å². The van der Waals surface area contributed by atoms with Crippen molar-refractivity contribution in [2.24, 2.45) is 13.0 Å². The van der Waals surface area contributed by atoms with E-state index in [4.69, 9.17) is 16.3 Å². The summed E-state index contributed by atoms with van der Waals surface area (Å²) in [5.41, 5.74) is 2.08. The summed E-state index contributed by atoms with van der Waals surface area (Å²) >= 11 is 6.42. The molecule has 2 heterocycles. The van der Waals surface area contributed by atoms with E-state index in [9.17, 15) is 9.00 Å². The summed E-state index contributed by atoms with van der Waals surface area (Å²) in [7, 11) is 2.46. The van der Waals surface area contributed by atoms with Gasteiger partial charge in [-0.3, -0.25) is 0 Å². The van der Waals surface area contributed by atoms with Gasteiger partial charge in [0.15, 0.2) is 5.03 Å². The van der Waals surface area contributed by atoms with Gasteiger partial charge < -0.3 is 19.1 Å². The Morgan fingerprint density at radius 3 is 2.59 bits per heavy atom. The lowest BCUT2D eigenvalue weighted by Gasteiger charge is -2.38. The number of ether oxygens (including phenoxy) is 1. The number of amides is 1. The molecule has 0 N–H and O–H groups in total. The van der Waals surface area contributed by atoms with Gasteiger partial charge >= 0.3 is 6.09 Å². The molecule has 1 aliphatic heterocycles. The van der Waals surface area contributed by atoms with Crippen molar-refractivity contribution >= 4 is 28.7 Å². The van der Waals surface area contributed by atoms with Gasteiger partial charge in [0.1, 0.15) is 17.6 Å². The Labute approximate surface area is 250 Å². The Balaban J connectivity index is 1.19. The van der Waals surface area contributed by atoms with Crippen molar-refractivity contribution in [3.8, 4) is 0 Å².